The van der Waals surface area contributed by atoms with E-state index in [1.54, 1.807) is 31.2 Å². The molecule has 146 valence electrons. The Bertz CT molecular complexity index is 896. The van der Waals surface area contributed by atoms with E-state index in [1.807, 2.05) is 24.3 Å². The lowest BCUT2D eigenvalue weighted by atomic mass is 9.91. The molecule has 0 spiro atoms. The quantitative estimate of drug-likeness (QED) is 0.727. The summed E-state index contributed by atoms with van der Waals surface area (Å²) in [5.41, 5.74) is 1.20. The largest absolute Gasteiger partial charge is 0.325 e. The number of amides is 4. The predicted molar refractivity (Wildman–Crippen MR) is 108 cm³/mol. The van der Waals surface area contributed by atoms with Crippen LogP contribution in [0.25, 0.3) is 0 Å². The third-order valence-corrected chi connectivity index (χ3v) is 5.03. The summed E-state index contributed by atoms with van der Waals surface area (Å²) in [4.78, 5) is 38.5. The van der Waals surface area contributed by atoms with E-state index in [0.29, 0.717) is 16.3 Å². The highest BCUT2D eigenvalue weighted by molar-refractivity contribution is 6.30. The van der Waals surface area contributed by atoms with Crippen LogP contribution in [0.2, 0.25) is 5.02 Å². The topological polar surface area (TPSA) is 78.5 Å². The average molecular weight is 400 g/mol. The van der Waals surface area contributed by atoms with Crippen molar-refractivity contribution in [2.24, 2.45) is 0 Å². The van der Waals surface area contributed by atoms with Gasteiger partial charge in [-0.25, -0.2) is 4.79 Å². The Morgan fingerprint density at radius 1 is 1.11 bits per heavy atom. The third-order valence-electron chi connectivity index (χ3n) is 4.77. The van der Waals surface area contributed by atoms with Gasteiger partial charge in [0, 0.05) is 10.7 Å². The fraction of sp³-hybridized carbons (Fsp3) is 0.286. The van der Waals surface area contributed by atoms with Crippen LogP contribution in [0.5, 0.6) is 0 Å². The van der Waals surface area contributed by atoms with Gasteiger partial charge in [-0.2, -0.15) is 0 Å². The van der Waals surface area contributed by atoms with Crippen LogP contribution in [0.4, 0.5) is 10.5 Å². The lowest BCUT2D eigenvalue weighted by Gasteiger charge is -2.22. The van der Waals surface area contributed by atoms with E-state index in [2.05, 4.69) is 17.6 Å². The summed E-state index contributed by atoms with van der Waals surface area (Å²) in [6.45, 7) is 3.39. The van der Waals surface area contributed by atoms with Gasteiger partial charge in [0.2, 0.25) is 5.91 Å². The molecule has 6 nitrogen and oxygen atoms in total. The molecule has 1 aliphatic rings. The molecular weight excluding hydrogens is 378 g/mol. The molecule has 2 aromatic rings. The van der Waals surface area contributed by atoms with Gasteiger partial charge in [0.15, 0.2) is 0 Å². The Hall–Kier alpha value is -2.86. The van der Waals surface area contributed by atoms with Gasteiger partial charge in [0.1, 0.15) is 12.1 Å². The summed E-state index contributed by atoms with van der Waals surface area (Å²) in [5.74, 6) is -0.916. The molecule has 1 fully saturated rings. The second-order valence-electron chi connectivity index (χ2n) is 6.95. The first kappa shape index (κ1) is 19.9. The van der Waals surface area contributed by atoms with E-state index in [-0.39, 0.29) is 6.54 Å². The number of nitrogens with zero attached hydrogens (tertiary/aromatic N) is 1. The van der Waals surface area contributed by atoms with E-state index in [1.165, 1.54) is 5.56 Å². The minimum Gasteiger partial charge on any atom is -0.325 e. The second kappa shape index (κ2) is 8.02. The van der Waals surface area contributed by atoms with Crippen LogP contribution < -0.4 is 10.6 Å². The van der Waals surface area contributed by atoms with Gasteiger partial charge in [-0.3, -0.25) is 14.5 Å². The van der Waals surface area contributed by atoms with E-state index >= 15 is 0 Å². The minimum atomic E-state index is -1.19. The number of carbonyl (C=O) groups excluding carboxylic acids is 3. The fourth-order valence-corrected chi connectivity index (χ4v) is 3.33. The normalized spacial score (nSPS) is 18.9. The molecule has 0 aromatic heterocycles. The molecule has 2 aromatic carbocycles. The minimum absolute atomic E-state index is 0.364. The molecule has 1 aliphatic heterocycles. The van der Waals surface area contributed by atoms with Crippen molar-refractivity contribution < 1.29 is 14.4 Å². The zero-order valence-corrected chi connectivity index (χ0v) is 16.5. The Morgan fingerprint density at radius 3 is 2.36 bits per heavy atom. The highest BCUT2D eigenvalue weighted by Gasteiger charge is 2.49. The molecule has 0 unspecified atom stereocenters. The molecule has 1 saturated heterocycles. The van der Waals surface area contributed by atoms with E-state index in [0.717, 1.165) is 17.7 Å². The van der Waals surface area contributed by atoms with Gasteiger partial charge in [-0.15, -0.1) is 0 Å². The standard InChI is InChI=1S/C21H22ClN3O3/c1-3-4-14-5-7-15(8-6-14)21(2)19(27)25(20(28)24-21)13-18(26)23-17-11-9-16(22)10-12-17/h5-12H,3-4,13H2,1-2H3,(H,23,26)(H,24,28)/t21-/m0/s1. The maximum atomic E-state index is 12.9. The lowest BCUT2D eigenvalue weighted by Crippen LogP contribution is -2.42. The number of imide groups is 1. The summed E-state index contributed by atoms with van der Waals surface area (Å²) >= 11 is 5.82. The second-order valence-corrected chi connectivity index (χ2v) is 7.38. The number of hydrogen-bond acceptors (Lipinski definition) is 3. The van der Waals surface area contributed by atoms with Crippen LogP contribution in [0, 0.1) is 0 Å². The van der Waals surface area contributed by atoms with Gasteiger partial charge in [-0.05, 0) is 48.7 Å². The van der Waals surface area contributed by atoms with Gasteiger partial charge in [0.25, 0.3) is 5.91 Å². The molecule has 0 bridgehead atoms. The van der Waals surface area contributed by atoms with Crippen LogP contribution in [-0.2, 0) is 21.5 Å². The van der Waals surface area contributed by atoms with Crippen molar-refractivity contribution in [1.29, 1.82) is 0 Å². The Morgan fingerprint density at radius 2 is 1.75 bits per heavy atom. The van der Waals surface area contributed by atoms with E-state index in [9.17, 15) is 14.4 Å². The molecule has 4 amide bonds. The molecule has 3 rings (SSSR count). The number of urea groups is 1. The number of anilines is 1. The highest BCUT2D eigenvalue weighted by atomic mass is 35.5. The number of rotatable bonds is 6. The number of nitrogens with one attached hydrogen (secondary N) is 2. The van der Waals surface area contributed by atoms with Gasteiger partial charge >= 0.3 is 6.03 Å². The number of carbonyl (C=O) groups is 3. The molecule has 1 atom stereocenters. The van der Waals surface area contributed by atoms with Gasteiger partial charge in [0.05, 0.1) is 0 Å². The van der Waals surface area contributed by atoms with Crippen LogP contribution >= 0.6 is 11.6 Å². The summed E-state index contributed by atoms with van der Waals surface area (Å²) in [6.07, 6.45) is 1.98. The zero-order valence-electron chi connectivity index (χ0n) is 15.8. The number of benzene rings is 2. The molecule has 28 heavy (non-hydrogen) atoms. The SMILES string of the molecule is CCCc1ccc([C@]2(C)NC(=O)N(CC(=O)Nc3ccc(Cl)cc3)C2=O)cc1. The van der Waals surface area contributed by atoms with Crippen LogP contribution in [-0.4, -0.2) is 29.3 Å². The Balaban J connectivity index is 1.71. The van der Waals surface area contributed by atoms with Crippen molar-refractivity contribution in [1.82, 2.24) is 10.2 Å². The fourth-order valence-electron chi connectivity index (χ4n) is 3.21. The summed E-state index contributed by atoms with van der Waals surface area (Å²) in [6, 6.07) is 13.6. The molecule has 2 N–H and O–H groups in total. The Kier molecular flexibility index (Phi) is 5.70. The highest BCUT2D eigenvalue weighted by Crippen LogP contribution is 2.29. The number of hydrogen-bond donors (Lipinski definition) is 2. The number of halogens is 1. The van der Waals surface area contributed by atoms with Gasteiger partial charge < -0.3 is 10.6 Å². The molecule has 0 radical (unpaired) electrons. The summed E-state index contributed by atoms with van der Waals surface area (Å²) in [5, 5.41) is 5.92. The van der Waals surface area contributed by atoms with Crippen molar-refractivity contribution in [2.75, 3.05) is 11.9 Å². The molecule has 0 saturated carbocycles. The van der Waals surface area contributed by atoms with Crippen LogP contribution in [0.1, 0.15) is 31.4 Å². The maximum Gasteiger partial charge on any atom is 0.325 e. The van der Waals surface area contributed by atoms with Crippen molar-refractivity contribution in [3.05, 3.63) is 64.7 Å². The lowest BCUT2D eigenvalue weighted by molar-refractivity contribution is -0.133. The monoisotopic (exact) mass is 399 g/mol. The molecule has 1 heterocycles. The van der Waals surface area contributed by atoms with Crippen molar-refractivity contribution in [2.45, 2.75) is 32.2 Å². The number of aryl methyl sites for hydroxylation is 1. The first-order valence-electron chi connectivity index (χ1n) is 9.12. The van der Waals surface area contributed by atoms with E-state index in [4.69, 9.17) is 11.6 Å². The predicted octanol–water partition coefficient (Wildman–Crippen LogP) is 3.70. The van der Waals surface area contributed by atoms with Crippen LogP contribution in [0.15, 0.2) is 48.5 Å². The Labute approximate surface area is 168 Å². The molecule has 7 heteroatoms. The maximum absolute atomic E-state index is 12.9. The van der Waals surface area contributed by atoms with Crippen molar-refractivity contribution >= 4 is 35.1 Å². The third kappa shape index (κ3) is 4.02. The molecular formula is C21H22ClN3O3. The van der Waals surface area contributed by atoms with E-state index < -0.39 is 23.4 Å². The van der Waals surface area contributed by atoms with Crippen LogP contribution in [0.3, 0.4) is 0 Å². The van der Waals surface area contributed by atoms with Crippen molar-refractivity contribution in [3.63, 3.8) is 0 Å². The zero-order chi connectivity index (χ0) is 20.3. The van der Waals surface area contributed by atoms with Crippen molar-refractivity contribution in [3.8, 4) is 0 Å². The summed E-state index contributed by atoms with van der Waals surface area (Å²) < 4.78 is 0. The first-order chi connectivity index (χ1) is 13.3. The first-order valence-corrected chi connectivity index (χ1v) is 9.50. The average Bonchev–Trinajstić information content (AvgIpc) is 2.88. The van der Waals surface area contributed by atoms with Gasteiger partial charge in [-0.1, -0.05) is 49.2 Å². The smallest absolute Gasteiger partial charge is 0.325 e. The molecule has 0 aliphatic carbocycles. The summed E-state index contributed by atoms with van der Waals surface area (Å²) in [7, 11) is 0.